The second kappa shape index (κ2) is 6.48. The molecule has 3 rings (SSSR count). The van der Waals surface area contributed by atoms with E-state index in [4.69, 9.17) is 4.74 Å². The van der Waals surface area contributed by atoms with Crippen LogP contribution in [0, 0.1) is 5.92 Å². The second-order valence-corrected chi connectivity index (χ2v) is 7.14. The Labute approximate surface area is 130 Å². The third kappa shape index (κ3) is 3.20. The Hall–Kier alpha value is -0.540. The molecule has 1 aliphatic heterocycles. The van der Waals surface area contributed by atoms with Crippen LogP contribution >= 0.6 is 15.9 Å². The standard InChI is InChI=1S/C17H24BrNO/c1-19-16-5-3-2-4-12(9-16)8-14-11-15(18)10-13-6-7-20-17(13)14/h10-12,16,19H,2-9H2,1H3. The van der Waals surface area contributed by atoms with E-state index in [2.05, 4.69) is 40.4 Å². The molecule has 3 heteroatoms. The van der Waals surface area contributed by atoms with Gasteiger partial charge in [-0.1, -0.05) is 35.2 Å². The summed E-state index contributed by atoms with van der Waals surface area (Å²) < 4.78 is 7.08. The molecule has 2 nitrogen and oxygen atoms in total. The van der Waals surface area contributed by atoms with Crippen LogP contribution in [0.3, 0.4) is 0 Å². The van der Waals surface area contributed by atoms with E-state index in [1.165, 1.54) is 59.9 Å². The first kappa shape index (κ1) is 14.4. The fourth-order valence-corrected chi connectivity index (χ4v) is 4.27. The van der Waals surface area contributed by atoms with Crippen LogP contribution in [0.15, 0.2) is 16.6 Å². The van der Waals surface area contributed by atoms with Crippen LogP contribution < -0.4 is 10.1 Å². The topological polar surface area (TPSA) is 21.3 Å². The zero-order valence-corrected chi connectivity index (χ0v) is 13.8. The van der Waals surface area contributed by atoms with E-state index in [0.717, 1.165) is 18.9 Å². The van der Waals surface area contributed by atoms with Crippen LogP contribution in [0.5, 0.6) is 5.75 Å². The largest absolute Gasteiger partial charge is 0.493 e. The van der Waals surface area contributed by atoms with E-state index < -0.39 is 0 Å². The van der Waals surface area contributed by atoms with Gasteiger partial charge in [0.1, 0.15) is 5.75 Å². The average Bonchev–Trinajstić information content (AvgIpc) is 2.78. The van der Waals surface area contributed by atoms with Gasteiger partial charge < -0.3 is 10.1 Å². The molecule has 2 unspecified atom stereocenters. The molecule has 1 saturated carbocycles. The van der Waals surface area contributed by atoms with Crippen molar-refractivity contribution in [1.82, 2.24) is 5.32 Å². The third-order valence-corrected chi connectivity index (χ3v) is 5.23. The number of ether oxygens (including phenoxy) is 1. The van der Waals surface area contributed by atoms with Gasteiger partial charge in [-0.2, -0.15) is 0 Å². The number of rotatable bonds is 3. The first-order valence-corrected chi connectivity index (χ1v) is 8.67. The van der Waals surface area contributed by atoms with Crippen LogP contribution in [-0.4, -0.2) is 19.7 Å². The molecule has 2 atom stereocenters. The lowest BCUT2D eigenvalue weighted by atomic mass is 9.90. The Morgan fingerprint density at radius 3 is 3.00 bits per heavy atom. The van der Waals surface area contributed by atoms with Gasteiger partial charge >= 0.3 is 0 Å². The second-order valence-electron chi connectivity index (χ2n) is 6.23. The van der Waals surface area contributed by atoms with Crippen molar-refractivity contribution >= 4 is 15.9 Å². The molecule has 0 bridgehead atoms. The zero-order chi connectivity index (χ0) is 13.9. The summed E-state index contributed by atoms with van der Waals surface area (Å²) in [5, 5.41) is 3.48. The SMILES string of the molecule is CNC1CCCCC(Cc2cc(Br)cc3c2OCC3)C1. The lowest BCUT2D eigenvalue weighted by Crippen LogP contribution is -2.26. The van der Waals surface area contributed by atoms with Gasteiger partial charge in [-0.3, -0.25) is 0 Å². The third-order valence-electron chi connectivity index (χ3n) is 4.77. The molecule has 0 radical (unpaired) electrons. The van der Waals surface area contributed by atoms with E-state index in [0.29, 0.717) is 6.04 Å². The van der Waals surface area contributed by atoms with Crippen molar-refractivity contribution in [3.63, 3.8) is 0 Å². The summed E-state index contributed by atoms with van der Waals surface area (Å²) in [6.45, 7) is 0.850. The number of benzene rings is 1. The predicted octanol–water partition coefficient (Wildman–Crippen LogP) is 4.09. The summed E-state index contributed by atoms with van der Waals surface area (Å²) in [4.78, 5) is 0. The first-order valence-electron chi connectivity index (χ1n) is 7.87. The zero-order valence-electron chi connectivity index (χ0n) is 12.3. The molecule has 1 aromatic carbocycles. The van der Waals surface area contributed by atoms with Gasteiger partial charge in [-0.05, 0) is 55.5 Å². The van der Waals surface area contributed by atoms with Gasteiger partial charge in [0.05, 0.1) is 6.61 Å². The molecular formula is C17H24BrNO. The molecule has 2 aliphatic rings. The monoisotopic (exact) mass is 337 g/mol. The lowest BCUT2D eigenvalue weighted by molar-refractivity contribution is 0.346. The molecule has 0 amide bonds. The fourth-order valence-electron chi connectivity index (χ4n) is 3.72. The number of nitrogens with one attached hydrogen (secondary N) is 1. The van der Waals surface area contributed by atoms with Crippen LogP contribution in [-0.2, 0) is 12.8 Å². The molecule has 1 aliphatic carbocycles. The Morgan fingerprint density at radius 1 is 1.30 bits per heavy atom. The van der Waals surface area contributed by atoms with E-state index in [9.17, 15) is 0 Å². The minimum Gasteiger partial charge on any atom is -0.493 e. The highest BCUT2D eigenvalue weighted by atomic mass is 79.9. The summed E-state index contributed by atoms with van der Waals surface area (Å²) in [6, 6.07) is 5.18. The normalized spacial score (nSPS) is 25.9. The number of fused-ring (bicyclic) bond motifs is 1. The first-order chi connectivity index (χ1) is 9.76. The van der Waals surface area contributed by atoms with Crippen LogP contribution in [0.25, 0.3) is 0 Å². The van der Waals surface area contributed by atoms with Crippen molar-refractivity contribution in [2.75, 3.05) is 13.7 Å². The van der Waals surface area contributed by atoms with Crippen molar-refractivity contribution in [2.24, 2.45) is 5.92 Å². The van der Waals surface area contributed by atoms with Gasteiger partial charge in [0.15, 0.2) is 0 Å². The van der Waals surface area contributed by atoms with E-state index in [1.54, 1.807) is 0 Å². The van der Waals surface area contributed by atoms with E-state index in [-0.39, 0.29) is 0 Å². The smallest absolute Gasteiger partial charge is 0.125 e. The Balaban J connectivity index is 1.77. The van der Waals surface area contributed by atoms with Gasteiger partial charge in [0, 0.05) is 16.9 Å². The van der Waals surface area contributed by atoms with Crippen molar-refractivity contribution in [2.45, 2.75) is 51.0 Å². The van der Waals surface area contributed by atoms with E-state index in [1.807, 2.05) is 0 Å². The highest BCUT2D eigenvalue weighted by molar-refractivity contribution is 9.10. The molecule has 110 valence electrons. The fraction of sp³-hybridized carbons (Fsp3) is 0.647. The highest BCUT2D eigenvalue weighted by Gasteiger charge is 2.23. The molecule has 0 spiro atoms. The molecule has 1 aromatic rings. The van der Waals surface area contributed by atoms with Crippen LogP contribution in [0.4, 0.5) is 0 Å². The quantitative estimate of drug-likeness (QED) is 0.838. The summed E-state index contributed by atoms with van der Waals surface area (Å²) in [5.74, 6) is 1.97. The number of hydrogen-bond acceptors (Lipinski definition) is 2. The maximum absolute atomic E-state index is 5.87. The molecule has 1 heterocycles. The minimum atomic E-state index is 0.698. The van der Waals surface area contributed by atoms with Gasteiger partial charge in [0.25, 0.3) is 0 Å². The van der Waals surface area contributed by atoms with Gasteiger partial charge in [-0.15, -0.1) is 0 Å². The highest BCUT2D eigenvalue weighted by Crippen LogP contribution is 2.36. The number of halogens is 1. The molecule has 1 fully saturated rings. The van der Waals surface area contributed by atoms with E-state index >= 15 is 0 Å². The van der Waals surface area contributed by atoms with Crippen molar-refractivity contribution in [3.8, 4) is 5.75 Å². The van der Waals surface area contributed by atoms with Crippen molar-refractivity contribution in [3.05, 3.63) is 27.7 Å². The summed E-state index contributed by atoms with van der Waals surface area (Å²) >= 11 is 3.65. The van der Waals surface area contributed by atoms with Crippen LogP contribution in [0.1, 0.15) is 43.2 Å². The predicted molar refractivity (Wildman–Crippen MR) is 86.5 cm³/mol. The van der Waals surface area contributed by atoms with Crippen molar-refractivity contribution < 1.29 is 4.74 Å². The molecule has 20 heavy (non-hydrogen) atoms. The van der Waals surface area contributed by atoms with Gasteiger partial charge in [-0.25, -0.2) is 0 Å². The summed E-state index contributed by atoms with van der Waals surface area (Å²) in [7, 11) is 2.10. The molecule has 1 N–H and O–H groups in total. The summed E-state index contributed by atoms with van der Waals surface area (Å²) in [6.07, 6.45) is 8.97. The van der Waals surface area contributed by atoms with Crippen LogP contribution in [0.2, 0.25) is 0 Å². The molecule has 0 saturated heterocycles. The maximum Gasteiger partial charge on any atom is 0.125 e. The Bertz CT molecular complexity index is 474. The summed E-state index contributed by atoms with van der Waals surface area (Å²) in [5.41, 5.74) is 2.79. The number of hydrogen-bond donors (Lipinski definition) is 1. The lowest BCUT2D eigenvalue weighted by Gasteiger charge is -2.20. The van der Waals surface area contributed by atoms with Gasteiger partial charge in [0.2, 0.25) is 0 Å². The van der Waals surface area contributed by atoms with Crippen molar-refractivity contribution in [1.29, 1.82) is 0 Å². The minimum absolute atomic E-state index is 0.698. The average molecular weight is 338 g/mol. The molecule has 0 aromatic heterocycles. The maximum atomic E-state index is 5.87. The molecular weight excluding hydrogens is 314 g/mol. The Morgan fingerprint density at radius 2 is 2.15 bits per heavy atom. The Kier molecular flexibility index (Phi) is 4.67.